The molecule has 1 saturated heterocycles. The topological polar surface area (TPSA) is 49.4 Å². The zero-order valence-electron chi connectivity index (χ0n) is 12.4. The fourth-order valence-corrected chi connectivity index (χ4v) is 2.46. The van der Waals surface area contributed by atoms with E-state index in [1.807, 2.05) is 21.2 Å². The monoisotopic (exact) mass is 296 g/mol. The van der Waals surface area contributed by atoms with Gasteiger partial charge in [-0.25, -0.2) is 4.39 Å². The number of hydrogen-bond donors (Lipinski definition) is 1. The second-order valence-corrected chi connectivity index (χ2v) is 5.09. The smallest absolute Gasteiger partial charge is 0.277 e. The highest BCUT2D eigenvalue weighted by Crippen LogP contribution is 2.19. The first-order valence-electron chi connectivity index (χ1n) is 7.30. The van der Waals surface area contributed by atoms with E-state index in [2.05, 4.69) is 0 Å². The van der Waals surface area contributed by atoms with E-state index in [1.165, 1.54) is 6.07 Å². The van der Waals surface area contributed by atoms with E-state index in [0.717, 1.165) is 6.54 Å². The Morgan fingerprint density at radius 3 is 2.67 bits per heavy atom. The molecule has 1 fully saturated rings. The molecule has 0 atom stereocenters. The lowest BCUT2D eigenvalue weighted by molar-refractivity contribution is -0.646. The van der Waals surface area contributed by atoms with Crippen molar-refractivity contribution in [2.24, 2.45) is 0 Å². The van der Waals surface area contributed by atoms with Crippen LogP contribution in [0.1, 0.15) is 0 Å². The molecule has 0 aromatic heterocycles. The van der Waals surface area contributed by atoms with E-state index in [9.17, 15) is 9.18 Å². The molecule has 1 aliphatic rings. The Labute approximate surface area is 124 Å². The van der Waals surface area contributed by atoms with Crippen molar-refractivity contribution in [3.63, 3.8) is 0 Å². The molecule has 21 heavy (non-hydrogen) atoms. The standard InChI is InChI=1S/C15H22FN3O2/c1-21-11-6-17-12-15(20)19-9-7-18(8-10-19)14-5-3-2-4-13(14)16/h2-5,17H,6-12H2,1H3/p+1. The lowest BCUT2D eigenvalue weighted by atomic mass is 10.2. The van der Waals surface area contributed by atoms with Crippen LogP contribution in [0.3, 0.4) is 0 Å². The third-order valence-electron chi connectivity index (χ3n) is 3.67. The average Bonchev–Trinajstić information content (AvgIpc) is 2.52. The van der Waals surface area contributed by atoms with Gasteiger partial charge in [-0.1, -0.05) is 12.1 Å². The van der Waals surface area contributed by atoms with Crippen LogP contribution < -0.4 is 10.2 Å². The summed E-state index contributed by atoms with van der Waals surface area (Å²) in [5.41, 5.74) is 0.622. The molecule has 6 heteroatoms. The summed E-state index contributed by atoms with van der Waals surface area (Å²) < 4.78 is 18.7. The normalized spacial score (nSPS) is 15.3. The molecule has 2 N–H and O–H groups in total. The van der Waals surface area contributed by atoms with Gasteiger partial charge in [-0.15, -0.1) is 0 Å². The van der Waals surface area contributed by atoms with Crippen LogP contribution in [0.25, 0.3) is 0 Å². The number of halogens is 1. The van der Waals surface area contributed by atoms with Crippen LogP contribution in [0.15, 0.2) is 24.3 Å². The summed E-state index contributed by atoms with van der Waals surface area (Å²) in [6, 6.07) is 6.78. The summed E-state index contributed by atoms with van der Waals surface area (Å²) in [5.74, 6) is -0.0653. The number of methoxy groups -OCH3 is 1. The van der Waals surface area contributed by atoms with Gasteiger partial charge in [-0.2, -0.15) is 0 Å². The lowest BCUT2D eigenvalue weighted by Gasteiger charge is -2.35. The number of quaternary nitrogens is 1. The highest BCUT2D eigenvalue weighted by molar-refractivity contribution is 5.77. The van der Waals surface area contributed by atoms with Crippen molar-refractivity contribution in [3.05, 3.63) is 30.1 Å². The predicted molar refractivity (Wildman–Crippen MR) is 78.7 cm³/mol. The number of piperazine rings is 1. The minimum atomic E-state index is -0.204. The highest BCUT2D eigenvalue weighted by atomic mass is 19.1. The van der Waals surface area contributed by atoms with Gasteiger partial charge < -0.3 is 19.9 Å². The Morgan fingerprint density at radius 2 is 2.00 bits per heavy atom. The number of para-hydroxylation sites is 1. The molecule has 1 amide bonds. The number of rotatable bonds is 6. The Morgan fingerprint density at radius 1 is 1.29 bits per heavy atom. The molecule has 1 aliphatic heterocycles. The molecular formula is C15H23FN3O2+. The number of nitrogens with two attached hydrogens (primary N) is 1. The zero-order valence-corrected chi connectivity index (χ0v) is 12.4. The van der Waals surface area contributed by atoms with Gasteiger partial charge in [0, 0.05) is 33.3 Å². The minimum absolute atomic E-state index is 0.138. The maximum Gasteiger partial charge on any atom is 0.277 e. The quantitative estimate of drug-likeness (QED) is 0.732. The maximum absolute atomic E-state index is 13.7. The Balaban J connectivity index is 1.78. The first-order valence-corrected chi connectivity index (χ1v) is 7.30. The number of ether oxygens (including phenoxy) is 1. The van der Waals surface area contributed by atoms with Gasteiger partial charge >= 0.3 is 0 Å². The van der Waals surface area contributed by atoms with Crippen LogP contribution in [-0.2, 0) is 9.53 Å². The first-order chi connectivity index (χ1) is 10.2. The van der Waals surface area contributed by atoms with Crippen molar-refractivity contribution < 1.29 is 19.2 Å². The van der Waals surface area contributed by atoms with Crippen LogP contribution >= 0.6 is 0 Å². The second-order valence-electron chi connectivity index (χ2n) is 5.09. The number of nitrogens with zero attached hydrogens (tertiary/aromatic N) is 2. The predicted octanol–water partition coefficient (Wildman–Crippen LogP) is -0.316. The average molecular weight is 296 g/mol. The summed E-state index contributed by atoms with van der Waals surface area (Å²) in [7, 11) is 1.65. The van der Waals surface area contributed by atoms with Gasteiger partial charge in [0.1, 0.15) is 5.82 Å². The largest absolute Gasteiger partial charge is 0.379 e. The molecule has 2 rings (SSSR count). The van der Waals surface area contributed by atoms with Gasteiger partial charge in [0.25, 0.3) is 5.91 Å². The van der Waals surface area contributed by atoms with Crippen molar-refractivity contribution >= 4 is 11.6 Å². The minimum Gasteiger partial charge on any atom is -0.379 e. The van der Waals surface area contributed by atoms with Crippen LogP contribution in [-0.4, -0.2) is 63.8 Å². The van der Waals surface area contributed by atoms with Gasteiger partial charge in [0.05, 0.1) is 18.8 Å². The van der Waals surface area contributed by atoms with Crippen molar-refractivity contribution in [1.29, 1.82) is 0 Å². The van der Waals surface area contributed by atoms with Gasteiger partial charge in [-0.3, -0.25) is 4.79 Å². The molecule has 5 nitrogen and oxygen atoms in total. The fraction of sp³-hybridized carbons (Fsp3) is 0.533. The van der Waals surface area contributed by atoms with E-state index in [4.69, 9.17) is 4.74 Å². The number of carbonyl (C=O) groups excluding carboxylic acids is 1. The number of amides is 1. The molecule has 0 saturated carbocycles. The van der Waals surface area contributed by atoms with E-state index in [-0.39, 0.29) is 11.7 Å². The third kappa shape index (κ3) is 4.41. The summed E-state index contributed by atoms with van der Waals surface area (Å²) in [5, 5.41) is 1.95. The second kappa shape index (κ2) is 7.95. The first kappa shape index (κ1) is 15.7. The molecule has 1 heterocycles. The maximum atomic E-state index is 13.7. The molecule has 1 aromatic carbocycles. The number of carbonyl (C=O) groups is 1. The van der Waals surface area contributed by atoms with Crippen LogP contribution in [0.5, 0.6) is 0 Å². The van der Waals surface area contributed by atoms with Crippen LogP contribution in [0.4, 0.5) is 10.1 Å². The van der Waals surface area contributed by atoms with Crippen molar-refractivity contribution in [1.82, 2.24) is 4.90 Å². The van der Waals surface area contributed by atoms with Crippen LogP contribution in [0.2, 0.25) is 0 Å². The van der Waals surface area contributed by atoms with Gasteiger partial charge in [0.15, 0.2) is 6.54 Å². The molecule has 0 aliphatic carbocycles. The molecule has 0 spiro atoms. The Hall–Kier alpha value is -1.66. The molecule has 0 unspecified atom stereocenters. The van der Waals surface area contributed by atoms with Crippen molar-refractivity contribution in [2.45, 2.75) is 0 Å². The van der Waals surface area contributed by atoms with Crippen LogP contribution in [0, 0.1) is 5.82 Å². The third-order valence-corrected chi connectivity index (χ3v) is 3.67. The van der Waals surface area contributed by atoms with Gasteiger partial charge in [0.2, 0.25) is 0 Å². The SMILES string of the molecule is COCC[NH2+]CC(=O)N1CCN(c2ccccc2F)CC1. The van der Waals surface area contributed by atoms with Crippen molar-refractivity contribution in [2.75, 3.05) is 57.9 Å². The highest BCUT2D eigenvalue weighted by Gasteiger charge is 2.23. The Bertz CT molecular complexity index is 462. The summed E-state index contributed by atoms with van der Waals surface area (Å²) in [4.78, 5) is 15.9. The summed E-state index contributed by atoms with van der Waals surface area (Å²) in [6.07, 6.45) is 0. The molecule has 0 radical (unpaired) electrons. The molecule has 0 bridgehead atoms. The van der Waals surface area contributed by atoms with E-state index in [1.54, 1.807) is 19.2 Å². The number of benzene rings is 1. The molecule has 116 valence electrons. The number of anilines is 1. The number of hydrogen-bond acceptors (Lipinski definition) is 3. The summed E-state index contributed by atoms with van der Waals surface area (Å²) >= 11 is 0. The van der Waals surface area contributed by atoms with E-state index in [0.29, 0.717) is 45.0 Å². The zero-order chi connectivity index (χ0) is 15.1. The van der Waals surface area contributed by atoms with Crippen molar-refractivity contribution in [3.8, 4) is 0 Å². The van der Waals surface area contributed by atoms with E-state index < -0.39 is 0 Å². The summed E-state index contributed by atoms with van der Waals surface area (Å²) in [6.45, 7) is 4.51. The Kier molecular flexibility index (Phi) is 5.95. The van der Waals surface area contributed by atoms with E-state index >= 15 is 0 Å². The fourth-order valence-electron chi connectivity index (χ4n) is 2.46. The molecular weight excluding hydrogens is 273 g/mol. The van der Waals surface area contributed by atoms with Gasteiger partial charge in [-0.05, 0) is 12.1 Å². The lowest BCUT2D eigenvalue weighted by Crippen LogP contribution is -2.87. The molecule has 1 aromatic rings.